The Hall–Kier alpha value is -2.17. The summed E-state index contributed by atoms with van der Waals surface area (Å²) in [4.78, 5) is 12.3. The van der Waals surface area contributed by atoms with Crippen LogP contribution in [0.1, 0.15) is 23.0 Å². The molecule has 0 aliphatic carbocycles. The Balaban J connectivity index is 2.48. The lowest BCUT2D eigenvalue weighted by Gasteiger charge is -2.06. The van der Waals surface area contributed by atoms with Crippen molar-refractivity contribution in [3.05, 3.63) is 47.5 Å². The smallest absolute Gasteiger partial charge is 0.214 e. The zero-order valence-electron chi connectivity index (χ0n) is 10.2. The fraction of sp³-hybridized carbons (Fsp3) is 0.231. The quantitative estimate of drug-likeness (QED) is 0.780. The monoisotopic (exact) mass is 248 g/mol. The van der Waals surface area contributed by atoms with E-state index in [-0.39, 0.29) is 11.3 Å². The van der Waals surface area contributed by atoms with Crippen LogP contribution >= 0.6 is 0 Å². The molecule has 0 bridgehead atoms. The molecule has 94 valence electrons. The van der Waals surface area contributed by atoms with Crippen molar-refractivity contribution in [2.45, 2.75) is 13.5 Å². The number of rotatable bonds is 4. The lowest BCUT2D eigenvalue weighted by molar-refractivity contribution is 0.102. The van der Waals surface area contributed by atoms with E-state index in [1.54, 1.807) is 6.07 Å². The predicted octanol–water partition coefficient (Wildman–Crippen LogP) is 2.28. The number of aromatic nitrogens is 2. The second-order valence-corrected chi connectivity index (χ2v) is 3.72. The summed E-state index contributed by atoms with van der Waals surface area (Å²) in [7, 11) is 1.47. The summed E-state index contributed by atoms with van der Waals surface area (Å²) >= 11 is 0. The average molecular weight is 248 g/mol. The van der Waals surface area contributed by atoms with Crippen LogP contribution in [0.4, 0.5) is 4.39 Å². The van der Waals surface area contributed by atoms with Gasteiger partial charge in [0.15, 0.2) is 11.4 Å². The molecule has 0 amide bonds. The summed E-state index contributed by atoms with van der Waals surface area (Å²) < 4.78 is 19.8. The van der Waals surface area contributed by atoms with Gasteiger partial charge in [0.25, 0.3) is 0 Å². The van der Waals surface area contributed by atoms with Crippen molar-refractivity contribution in [1.29, 1.82) is 0 Å². The summed E-state index contributed by atoms with van der Waals surface area (Å²) in [6.07, 6.45) is 1.48. The van der Waals surface area contributed by atoms with Gasteiger partial charge in [-0.15, -0.1) is 0 Å². The molecule has 0 unspecified atom stereocenters. The molecule has 1 heterocycles. The number of ketones is 1. The normalized spacial score (nSPS) is 10.4. The zero-order valence-corrected chi connectivity index (χ0v) is 10.2. The molecule has 0 aliphatic heterocycles. The van der Waals surface area contributed by atoms with Crippen LogP contribution in [-0.2, 0) is 6.54 Å². The zero-order chi connectivity index (χ0) is 13.1. The van der Waals surface area contributed by atoms with Gasteiger partial charge < -0.3 is 4.74 Å². The Bertz CT molecular complexity index is 557. The van der Waals surface area contributed by atoms with Crippen molar-refractivity contribution in [3.8, 4) is 5.75 Å². The van der Waals surface area contributed by atoms with Gasteiger partial charge in [-0.3, -0.25) is 9.48 Å². The molecule has 0 radical (unpaired) electrons. The first-order valence-electron chi connectivity index (χ1n) is 5.57. The van der Waals surface area contributed by atoms with Crippen molar-refractivity contribution >= 4 is 5.78 Å². The lowest BCUT2D eigenvalue weighted by atomic mass is 10.1. The molecule has 5 heteroatoms. The van der Waals surface area contributed by atoms with E-state index in [9.17, 15) is 9.18 Å². The molecule has 0 aliphatic rings. The molecule has 0 atom stereocenters. The summed E-state index contributed by atoms with van der Waals surface area (Å²) in [5, 5.41) is 4.05. The van der Waals surface area contributed by atoms with Crippen LogP contribution in [0.15, 0.2) is 30.5 Å². The number of ether oxygens (including phenoxy) is 1. The van der Waals surface area contributed by atoms with E-state index in [1.807, 2.05) is 6.92 Å². The van der Waals surface area contributed by atoms with Crippen LogP contribution in [0, 0.1) is 5.82 Å². The molecule has 2 rings (SSSR count). The fourth-order valence-electron chi connectivity index (χ4n) is 1.75. The van der Waals surface area contributed by atoms with E-state index < -0.39 is 5.82 Å². The van der Waals surface area contributed by atoms with E-state index in [0.29, 0.717) is 18.0 Å². The van der Waals surface area contributed by atoms with Gasteiger partial charge >= 0.3 is 0 Å². The maximum Gasteiger partial charge on any atom is 0.214 e. The maximum absolute atomic E-state index is 13.1. The first-order chi connectivity index (χ1) is 8.67. The van der Waals surface area contributed by atoms with Crippen LogP contribution in [0.3, 0.4) is 0 Å². The summed E-state index contributed by atoms with van der Waals surface area (Å²) in [5.74, 6) is -0.348. The number of nitrogens with zero attached hydrogens (tertiary/aromatic N) is 2. The van der Waals surface area contributed by atoms with E-state index >= 15 is 0 Å². The number of hydrogen-bond acceptors (Lipinski definition) is 3. The van der Waals surface area contributed by atoms with Crippen molar-refractivity contribution < 1.29 is 13.9 Å². The minimum atomic E-state index is -0.442. The minimum absolute atomic E-state index is 0.281. The van der Waals surface area contributed by atoms with Crippen LogP contribution in [-0.4, -0.2) is 22.7 Å². The number of aryl methyl sites for hydroxylation is 1. The minimum Gasteiger partial charge on any atom is -0.493 e. The Morgan fingerprint density at radius 3 is 2.89 bits per heavy atom. The van der Waals surface area contributed by atoms with E-state index in [2.05, 4.69) is 5.10 Å². The standard InChI is InChI=1S/C13H13FN2O2/c1-3-16-12(11(18-2)8-15-16)13(17)9-5-4-6-10(14)7-9/h4-8H,3H2,1-2H3. The number of hydrogen-bond donors (Lipinski definition) is 0. The third-order valence-corrected chi connectivity index (χ3v) is 2.63. The first kappa shape index (κ1) is 12.3. The average Bonchev–Trinajstić information content (AvgIpc) is 2.80. The Morgan fingerprint density at radius 2 is 2.28 bits per heavy atom. The molecule has 18 heavy (non-hydrogen) atoms. The molecule has 0 spiro atoms. The van der Waals surface area contributed by atoms with Crippen molar-refractivity contribution in [1.82, 2.24) is 9.78 Å². The second-order valence-electron chi connectivity index (χ2n) is 3.72. The highest BCUT2D eigenvalue weighted by Crippen LogP contribution is 2.21. The van der Waals surface area contributed by atoms with Gasteiger partial charge in [-0.25, -0.2) is 4.39 Å². The van der Waals surface area contributed by atoms with Crippen molar-refractivity contribution in [2.75, 3.05) is 7.11 Å². The molecule has 0 fully saturated rings. The molecule has 1 aromatic heterocycles. The summed E-state index contributed by atoms with van der Waals surface area (Å²) in [6, 6.07) is 5.57. The topological polar surface area (TPSA) is 44.1 Å². The number of methoxy groups -OCH3 is 1. The number of carbonyl (C=O) groups excluding carboxylic acids is 1. The summed E-state index contributed by atoms with van der Waals surface area (Å²) in [5.41, 5.74) is 0.620. The van der Waals surface area contributed by atoms with Gasteiger partial charge in [-0.2, -0.15) is 5.10 Å². The molecule has 0 N–H and O–H groups in total. The van der Waals surface area contributed by atoms with Crippen LogP contribution in [0.2, 0.25) is 0 Å². The van der Waals surface area contributed by atoms with Gasteiger partial charge in [0, 0.05) is 12.1 Å². The Kier molecular flexibility index (Phi) is 3.41. The molecule has 0 saturated carbocycles. The summed E-state index contributed by atoms with van der Waals surface area (Å²) in [6.45, 7) is 2.41. The van der Waals surface area contributed by atoms with Gasteiger partial charge in [0.05, 0.1) is 13.3 Å². The van der Waals surface area contributed by atoms with Gasteiger partial charge in [0.1, 0.15) is 5.82 Å². The van der Waals surface area contributed by atoms with Gasteiger partial charge in [-0.1, -0.05) is 12.1 Å². The van der Waals surface area contributed by atoms with Crippen LogP contribution in [0.25, 0.3) is 0 Å². The fourth-order valence-corrected chi connectivity index (χ4v) is 1.75. The second kappa shape index (κ2) is 5.00. The molecular formula is C13H13FN2O2. The molecular weight excluding hydrogens is 235 g/mol. The molecule has 4 nitrogen and oxygen atoms in total. The highest BCUT2D eigenvalue weighted by molar-refractivity contribution is 6.09. The largest absolute Gasteiger partial charge is 0.493 e. The third-order valence-electron chi connectivity index (χ3n) is 2.63. The number of halogens is 1. The molecule has 1 aromatic carbocycles. The predicted molar refractivity (Wildman–Crippen MR) is 64.3 cm³/mol. The van der Waals surface area contributed by atoms with E-state index in [4.69, 9.17) is 4.74 Å². The van der Waals surface area contributed by atoms with Gasteiger partial charge in [0.2, 0.25) is 5.78 Å². The SMILES string of the molecule is CCn1ncc(OC)c1C(=O)c1cccc(F)c1. The Labute approximate surface area is 104 Å². The molecule has 0 saturated heterocycles. The van der Waals surface area contributed by atoms with E-state index in [0.717, 1.165) is 0 Å². The van der Waals surface area contributed by atoms with Crippen molar-refractivity contribution in [3.63, 3.8) is 0 Å². The lowest BCUT2D eigenvalue weighted by Crippen LogP contribution is -2.11. The third kappa shape index (κ3) is 2.11. The van der Waals surface area contributed by atoms with Crippen molar-refractivity contribution in [2.24, 2.45) is 0 Å². The first-order valence-corrected chi connectivity index (χ1v) is 5.57. The number of carbonyl (C=O) groups is 1. The number of benzene rings is 1. The Morgan fingerprint density at radius 1 is 1.50 bits per heavy atom. The van der Waals surface area contributed by atoms with E-state index in [1.165, 1.54) is 36.2 Å². The molecule has 2 aromatic rings. The highest BCUT2D eigenvalue weighted by atomic mass is 19.1. The highest BCUT2D eigenvalue weighted by Gasteiger charge is 2.20. The van der Waals surface area contributed by atoms with Gasteiger partial charge in [-0.05, 0) is 19.1 Å². The maximum atomic E-state index is 13.1. The van der Waals surface area contributed by atoms with Crippen LogP contribution in [0.5, 0.6) is 5.75 Å². The van der Waals surface area contributed by atoms with Crippen LogP contribution < -0.4 is 4.74 Å².